The smallest absolute Gasteiger partial charge is 0.124 e. The Kier molecular flexibility index (Phi) is 5.29. The van der Waals surface area contributed by atoms with Crippen LogP contribution in [0.25, 0.3) is 0 Å². The maximum absolute atomic E-state index is 13.1. The van der Waals surface area contributed by atoms with Crippen molar-refractivity contribution in [2.24, 2.45) is 0 Å². The average molecular weight is 357 g/mol. The van der Waals surface area contributed by atoms with E-state index >= 15 is 0 Å². The number of thiazole rings is 1. The number of rotatable bonds is 5. The van der Waals surface area contributed by atoms with Crippen molar-refractivity contribution in [2.45, 2.75) is 39.3 Å². The molecule has 1 heterocycles. The van der Waals surface area contributed by atoms with Gasteiger partial charge in [-0.25, -0.2) is 9.37 Å². The van der Waals surface area contributed by atoms with Crippen molar-refractivity contribution in [2.75, 3.05) is 0 Å². The summed E-state index contributed by atoms with van der Waals surface area (Å²) in [6, 6.07) is 5.09. The predicted octanol–water partition coefficient (Wildman–Crippen LogP) is 5.02. The van der Waals surface area contributed by atoms with Crippen molar-refractivity contribution in [3.8, 4) is 0 Å². The molecule has 0 saturated heterocycles. The summed E-state index contributed by atoms with van der Waals surface area (Å²) in [6.07, 6.45) is 2.96. The summed E-state index contributed by atoms with van der Waals surface area (Å²) < 4.78 is 13.9. The zero-order chi connectivity index (χ0) is 14.7. The molecule has 108 valence electrons. The lowest BCUT2D eigenvalue weighted by Gasteiger charge is -2.20. The molecule has 2 atom stereocenters. The second-order valence-electron chi connectivity index (χ2n) is 4.79. The Morgan fingerprint density at radius 1 is 1.35 bits per heavy atom. The van der Waals surface area contributed by atoms with Crippen LogP contribution in [0.15, 0.2) is 28.9 Å². The minimum Gasteiger partial charge on any atom is -0.301 e. The first-order chi connectivity index (χ1) is 9.51. The summed E-state index contributed by atoms with van der Waals surface area (Å²) in [5, 5.41) is 4.60. The van der Waals surface area contributed by atoms with Crippen LogP contribution in [0.1, 0.15) is 48.3 Å². The first kappa shape index (κ1) is 15.6. The van der Waals surface area contributed by atoms with Crippen LogP contribution in [0.4, 0.5) is 4.39 Å². The molecule has 0 bridgehead atoms. The van der Waals surface area contributed by atoms with Gasteiger partial charge in [0.05, 0.1) is 6.04 Å². The van der Waals surface area contributed by atoms with Gasteiger partial charge in [0.25, 0.3) is 0 Å². The van der Waals surface area contributed by atoms with Gasteiger partial charge in [0.2, 0.25) is 0 Å². The van der Waals surface area contributed by atoms with E-state index in [0.717, 1.165) is 21.5 Å². The van der Waals surface area contributed by atoms with Crippen LogP contribution in [0, 0.1) is 5.82 Å². The van der Waals surface area contributed by atoms with Crippen LogP contribution in [0.2, 0.25) is 0 Å². The van der Waals surface area contributed by atoms with Crippen LogP contribution in [0.5, 0.6) is 0 Å². The molecule has 0 spiro atoms. The Bertz CT molecular complexity index is 585. The number of aromatic nitrogens is 1. The van der Waals surface area contributed by atoms with Gasteiger partial charge in [-0.15, -0.1) is 11.3 Å². The summed E-state index contributed by atoms with van der Waals surface area (Å²) in [5.41, 5.74) is 1.05. The Morgan fingerprint density at radius 2 is 2.10 bits per heavy atom. The molecular formula is C15H18BrFN2S. The number of halogens is 2. The standard InChI is InChI=1S/C15H18BrFN2S/c1-4-12-8-18-15(20-12)10(3)19-9(2)13-6-5-11(17)7-14(13)16/h5-10,19H,4H2,1-3H3. The molecule has 0 aliphatic carbocycles. The summed E-state index contributed by atoms with van der Waals surface area (Å²) in [4.78, 5) is 5.75. The van der Waals surface area contributed by atoms with Crippen LogP contribution in [-0.2, 0) is 6.42 Å². The summed E-state index contributed by atoms with van der Waals surface area (Å²) in [7, 11) is 0. The first-order valence-electron chi connectivity index (χ1n) is 6.66. The first-order valence-corrected chi connectivity index (χ1v) is 8.27. The van der Waals surface area contributed by atoms with Crippen LogP contribution >= 0.6 is 27.3 Å². The van der Waals surface area contributed by atoms with Crippen LogP contribution in [-0.4, -0.2) is 4.98 Å². The molecule has 2 aromatic rings. The number of nitrogens with one attached hydrogen (secondary N) is 1. The van der Waals surface area contributed by atoms with E-state index in [1.54, 1.807) is 11.3 Å². The summed E-state index contributed by atoms with van der Waals surface area (Å²) in [5.74, 6) is -0.228. The van der Waals surface area contributed by atoms with E-state index in [9.17, 15) is 4.39 Å². The van der Waals surface area contributed by atoms with Gasteiger partial charge < -0.3 is 5.32 Å². The van der Waals surface area contributed by atoms with Gasteiger partial charge >= 0.3 is 0 Å². The van der Waals surface area contributed by atoms with E-state index in [2.05, 4.69) is 47.0 Å². The van der Waals surface area contributed by atoms with E-state index in [-0.39, 0.29) is 17.9 Å². The van der Waals surface area contributed by atoms with Gasteiger partial charge in [-0.2, -0.15) is 0 Å². The molecule has 0 aliphatic heterocycles. The molecular weight excluding hydrogens is 339 g/mol. The molecule has 2 unspecified atom stereocenters. The average Bonchev–Trinajstić information content (AvgIpc) is 2.87. The zero-order valence-electron chi connectivity index (χ0n) is 11.8. The third-order valence-electron chi connectivity index (χ3n) is 3.22. The van der Waals surface area contributed by atoms with Gasteiger partial charge in [0, 0.05) is 21.6 Å². The predicted molar refractivity (Wildman–Crippen MR) is 85.6 cm³/mol. The lowest BCUT2D eigenvalue weighted by atomic mass is 10.1. The second kappa shape index (κ2) is 6.78. The van der Waals surface area contributed by atoms with Crippen LogP contribution < -0.4 is 5.32 Å². The van der Waals surface area contributed by atoms with E-state index in [4.69, 9.17) is 0 Å². The molecule has 0 fully saturated rings. The molecule has 2 rings (SSSR count). The molecule has 0 saturated carbocycles. The van der Waals surface area contributed by atoms with E-state index in [1.165, 1.54) is 17.0 Å². The fourth-order valence-electron chi connectivity index (χ4n) is 2.08. The van der Waals surface area contributed by atoms with Gasteiger partial charge in [-0.3, -0.25) is 0 Å². The van der Waals surface area contributed by atoms with Gasteiger partial charge in [-0.1, -0.05) is 28.9 Å². The molecule has 0 radical (unpaired) electrons. The number of hydrogen-bond acceptors (Lipinski definition) is 3. The quantitative estimate of drug-likeness (QED) is 0.813. The van der Waals surface area contributed by atoms with Crippen LogP contribution in [0.3, 0.4) is 0 Å². The highest BCUT2D eigenvalue weighted by molar-refractivity contribution is 9.10. The van der Waals surface area contributed by atoms with Crippen molar-refractivity contribution in [3.63, 3.8) is 0 Å². The fourth-order valence-corrected chi connectivity index (χ4v) is 3.64. The Hall–Kier alpha value is -0.780. The maximum atomic E-state index is 13.1. The molecule has 2 nitrogen and oxygen atoms in total. The van der Waals surface area contributed by atoms with E-state index < -0.39 is 0 Å². The van der Waals surface area contributed by atoms with Crippen molar-refractivity contribution in [1.29, 1.82) is 0 Å². The van der Waals surface area contributed by atoms with Crippen molar-refractivity contribution < 1.29 is 4.39 Å². The van der Waals surface area contributed by atoms with Gasteiger partial charge in [-0.05, 0) is 38.0 Å². The number of hydrogen-bond donors (Lipinski definition) is 1. The number of aryl methyl sites for hydroxylation is 1. The maximum Gasteiger partial charge on any atom is 0.124 e. The third-order valence-corrected chi connectivity index (χ3v) is 5.23. The molecule has 1 aromatic heterocycles. The third kappa shape index (κ3) is 3.65. The molecule has 0 aliphatic rings. The SMILES string of the molecule is CCc1cnc(C(C)NC(C)c2ccc(F)cc2Br)s1. The summed E-state index contributed by atoms with van der Waals surface area (Å²) in [6.45, 7) is 6.31. The van der Waals surface area contributed by atoms with Gasteiger partial charge in [0.1, 0.15) is 10.8 Å². The summed E-state index contributed by atoms with van der Waals surface area (Å²) >= 11 is 5.16. The van der Waals surface area contributed by atoms with Gasteiger partial charge in [0.15, 0.2) is 0 Å². The Balaban J connectivity index is 2.08. The van der Waals surface area contributed by atoms with E-state index in [1.807, 2.05) is 12.3 Å². The zero-order valence-corrected chi connectivity index (χ0v) is 14.2. The number of benzene rings is 1. The minimum absolute atomic E-state index is 0.119. The molecule has 5 heteroatoms. The number of nitrogens with zero attached hydrogens (tertiary/aromatic N) is 1. The lowest BCUT2D eigenvalue weighted by Crippen LogP contribution is -2.22. The highest BCUT2D eigenvalue weighted by Gasteiger charge is 2.16. The Labute approximate surface area is 131 Å². The van der Waals surface area contributed by atoms with E-state index in [0.29, 0.717) is 0 Å². The largest absolute Gasteiger partial charge is 0.301 e. The normalized spacial score (nSPS) is 14.2. The highest BCUT2D eigenvalue weighted by Crippen LogP contribution is 2.27. The molecule has 1 aromatic carbocycles. The van der Waals surface area contributed by atoms with Crippen molar-refractivity contribution in [1.82, 2.24) is 10.3 Å². The highest BCUT2D eigenvalue weighted by atomic mass is 79.9. The van der Waals surface area contributed by atoms with Crippen molar-refractivity contribution in [3.05, 3.63) is 50.1 Å². The fraction of sp³-hybridized carbons (Fsp3) is 0.400. The monoisotopic (exact) mass is 356 g/mol. The molecule has 0 amide bonds. The Morgan fingerprint density at radius 3 is 2.70 bits per heavy atom. The minimum atomic E-state index is -0.228. The molecule has 1 N–H and O–H groups in total. The molecule has 20 heavy (non-hydrogen) atoms. The second-order valence-corrected chi connectivity index (χ2v) is 6.80. The topological polar surface area (TPSA) is 24.9 Å². The van der Waals surface area contributed by atoms with Crippen molar-refractivity contribution >= 4 is 27.3 Å². The lowest BCUT2D eigenvalue weighted by molar-refractivity contribution is 0.491.